The molecule has 0 amide bonds. The van der Waals surface area contributed by atoms with E-state index in [9.17, 15) is 0 Å². The first-order chi connectivity index (χ1) is 7.12. The lowest BCUT2D eigenvalue weighted by Crippen LogP contribution is -2.21. The summed E-state index contributed by atoms with van der Waals surface area (Å²) in [7, 11) is 0. The van der Waals surface area contributed by atoms with Gasteiger partial charge in [0.15, 0.2) is 5.79 Å². The molecule has 0 aromatic heterocycles. The lowest BCUT2D eigenvalue weighted by Gasteiger charge is -2.16. The molecule has 0 spiro atoms. The zero-order valence-corrected chi connectivity index (χ0v) is 9.70. The molecule has 1 saturated heterocycles. The molecule has 0 aliphatic carbocycles. The number of hydrogen-bond acceptors (Lipinski definition) is 2. The summed E-state index contributed by atoms with van der Waals surface area (Å²) >= 11 is 5.87. The summed E-state index contributed by atoms with van der Waals surface area (Å²) in [4.78, 5) is 0. The predicted octanol–water partition coefficient (Wildman–Crippen LogP) is 3.12. The third-order valence-corrected chi connectivity index (χ3v) is 2.77. The second kappa shape index (κ2) is 4.12. The summed E-state index contributed by atoms with van der Waals surface area (Å²) in [6.07, 6.45) is -0.122. The Morgan fingerprint density at radius 3 is 2.47 bits per heavy atom. The summed E-state index contributed by atoms with van der Waals surface area (Å²) in [5, 5.41) is 0. The largest absolute Gasteiger partial charge is 0.343 e. The monoisotopic (exact) mass is 226 g/mol. The minimum Gasteiger partial charge on any atom is -0.343 e. The molecular formula is C12H15ClO2. The highest BCUT2D eigenvalue weighted by Gasteiger charge is 2.41. The van der Waals surface area contributed by atoms with Gasteiger partial charge >= 0.3 is 0 Å². The third-order valence-electron chi connectivity index (χ3n) is 2.46. The highest BCUT2D eigenvalue weighted by Crippen LogP contribution is 2.38. The van der Waals surface area contributed by atoms with E-state index in [4.69, 9.17) is 21.1 Å². The van der Waals surface area contributed by atoms with Crippen molar-refractivity contribution in [3.8, 4) is 0 Å². The van der Waals surface area contributed by atoms with Crippen LogP contribution in [0.25, 0.3) is 0 Å². The maximum atomic E-state index is 5.87. The molecule has 1 aliphatic rings. The van der Waals surface area contributed by atoms with Crippen LogP contribution in [0.15, 0.2) is 30.3 Å². The Bertz CT molecular complexity index is 324. The Balaban J connectivity index is 2.22. The van der Waals surface area contributed by atoms with Crippen LogP contribution in [0.5, 0.6) is 0 Å². The first-order valence-electron chi connectivity index (χ1n) is 5.09. The van der Waals surface area contributed by atoms with Gasteiger partial charge < -0.3 is 9.47 Å². The van der Waals surface area contributed by atoms with Gasteiger partial charge in [-0.2, -0.15) is 0 Å². The summed E-state index contributed by atoms with van der Waals surface area (Å²) < 4.78 is 11.5. The molecule has 0 N–H and O–H groups in total. The molecule has 1 aliphatic heterocycles. The second-order valence-electron chi connectivity index (χ2n) is 4.16. The van der Waals surface area contributed by atoms with Crippen molar-refractivity contribution >= 4 is 11.6 Å². The average Bonchev–Trinajstić information content (AvgIpc) is 2.55. The molecule has 0 saturated carbocycles. The maximum Gasteiger partial charge on any atom is 0.164 e. The van der Waals surface area contributed by atoms with E-state index in [1.54, 1.807) is 0 Å². The molecule has 15 heavy (non-hydrogen) atoms. The van der Waals surface area contributed by atoms with Crippen LogP contribution in [0.2, 0.25) is 0 Å². The molecule has 2 atom stereocenters. The van der Waals surface area contributed by atoms with E-state index in [0.717, 1.165) is 5.56 Å². The van der Waals surface area contributed by atoms with Gasteiger partial charge in [0.1, 0.15) is 12.2 Å². The Morgan fingerprint density at radius 1 is 1.20 bits per heavy atom. The quantitative estimate of drug-likeness (QED) is 0.722. The molecule has 1 aromatic rings. The highest BCUT2D eigenvalue weighted by atomic mass is 35.5. The molecule has 1 aromatic carbocycles. The molecular weight excluding hydrogens is 212 g/mol. The van der Waals surface area contributed by atoms with Crippen LogP contribution in [0.1, 0.15) is 25.5 Å². The number of benzene rings is 1. The first kappa shape index (κ1) is 10.9. The van der Waals surface area contributed by atoms with Crippen LogP contribution in [-0.2, 0) is 9.47 Å². The van der Waals surface area contributed by atoms with Crippen LogP contribution >= 0.6 is 11.6 Å². The van der Waals surface area contributed by atoms with E-state index < -0.39 is 5.79 Å². The van der Waals surface area contributed by atoms with Crippen LogP contribution in [0.4, 0.5) is 0 Å². The van der Waals surface area contributed by atoms with E-state index >= 15 is 0 Å². The van der Waals surface area contributed by atoms with E-state index in [-0.39, 0.29) is 12.2 Å². The second-order valence-corrected chi connectivity index (χ2v) is 4.47. The lowest BCUT2D eigenvalue weighted by molar-refractivity contribution is -0.145. The maximum absolute atomic E-state index is 5.87. The van der Waals surface area contributed by atoms with Gasteiger partial charge in [-0.15, -0.1) is 11.6 Å². The molecule has 1 fully saturated rings. The number of alkyl halides is 1. The predicted molar refractivity (Wildman–Crippen MR) is 59.9 cm³/mol. The van der Waals surface area contributed by atoms with Crippen molar-refractivity contribution < 1.29 is 9.47 Å². The standard InChI is InChI=1S/C12H15ClO2/c1-12(2)14-10(8-13)11(15-12)9-6-4-3-5-7-9/h3-7,10-11H,8H2,1-2H3/t10-,11+/m0/s1. The topological polar surface area (TPSA) is 18.5 Å². The summed E-state index contributed by atoms with van der Waals surface area (Å²) in [5.41, 5.74) is 1.12. The number of hydrogen-bond donors (Lipinski definition) is 0. The number of rotatable bonds is 2. The van der Waals surface area contributed by atoms with Crippen LogP contribution in [-0.4, -0.2) is 17.8 Å². The van der Waals surface area contributed by atoms with Crippen LogP contribution in [0.3, 0.4) is 0 Å². The zero-order valence-electron chi connectivity index (χ0n) is 8.94. The molecule has 2 nitrogen and oxygen atoms in total. The van der Waals surface area contributed by atoms with Gasteiger partial charge in [-0.3, -0.25) is 0 Å². The van der Waals surface area contributed by atoms with E-state index in [1.807, 2.05) is 44.2 Å². The van der Waals surface area contributed by atoms with Crippen molar-refractivity contribution in [2.24, 2.45) is 0 Å². The van der Waals surface area contributed by atoms with Gasteiger partial charge in [0.05, 0.1) is 5.88 Å². The average molecular weight is 227 g/mol. The Hall–Kier alpha value is -0.570. The lowest BCUT2D eigenvalue weighted by atomic mass is 10.1. The fourth-order valence-electron chi connectivity index (χ4n) is 1.87. The molecule has 0 unspecified atom stereocenters. The number of halogens is 1. The van der Waals surface area contributed by atoms with Crippen molar-refractivity contribution in [1.29, 1.82) is 0 Å². The molecule has 0 bridgehead atoms. The van der Waals surface area contributed by atoms with Gasteiger partial charge in [-0.05, 0) is 19.4 Å². The minimum atomic E-state index is -0.542. The van der Waals surface area contributed by atoms with Crippen molar-refractivity contribution in [3.63, 3.8) is 0 Å². The minimum absolute atomic E-state index is 0.0568. The van der Waals surface area contributed by atoms with Crippen molar-refractivity contribution in [2.45, 2.75) is 31.8 Å². The Morgan fingerprint density at radius 2 is 1.87 bits per heavy atom. The van der Waals surface area contributed by atoms with Crippen molar-refractivity contribution in [1.82, 2.24) is 0 Å². The number of ether oxygens (including phenoxy) is 2. The van der Waals surface area contributed by atoms with Gasteiger partial charge in [0.2, 0.25) is 0 Å². The van der Waals surface area contributed by atoms with Gasteiger partial charge in [-0.25, -0.2) is 0 Å². The van der Waals surface area contributed by atoms with Gasteiger partial charge in [-0.1, -0.05) is 30.3 Å². The van der Waals surface area contributed by atoms with Gasteiger partial charge in [0.25, 0.3) is 0 Å². The molecule has 3 heteroatoms. The molecule has 2 rings (SSSR count). The molecule has 82 valence electrons. The fourth-order valence-corrected chi connectivity index (χ4v) is 2.10. The van der Waals surface area contributed by atoms with Crippen LogP contribution < -0.4 is 0 Å². The van der Waals surface area contributed by atoms with Crippen molar-refractivity contribution in [3.05, 3.63) is 35.9 Å². The van der Waals surface area contributed by atoms with Crippen molar-refractivity contribution in [2.75, 3.05) is 5.88 Å². The Labute approximate surface area is 95.1 Å². The molecule has 1 heterocycles. The first-order valence-corrected chi connectivity index (χ1v) is 5.62. The normalized spacial score (nSPS) is 29.3. The summed E-state index contributed by atoms with van der Waals surface area (Å²) in [5.74, 6) is -0.0942. The van der Waals surface area contributed by atoms with E-state index in [2.05, 4.69) is 0 Å². The van der Waals surface area contributed by atoms with Gasteiger partial charge in [0, 0.05) is 0 Å². The summed E-state index contributed by atoms with van der Waals surface area (Å²) in [6, 6.07) is 10.1. The fraction of sp³-hybridized carbons (Fsp3) is 0.500. The van der Waals surface area contributed by atoms with E-state index in [0.29, 0.717) is 5.88 Å². The SMILES string of the molecule is CC1(C)O[C@@H](CCl)[C@@H](c2ccccc2)O1. The smallest absolute Gasteiger partial charge is 0.164 e. The third kappa shape index (κ3) is 2.33. The highest BCUT2D eigenvalue weighted by molar-refractivity contribution is 6.18. The summed E-state index contributed by atoms with van der Waals surface area (Å²) in [6.45, 7) is 3.82. The zero-order chi connectivity index (χ0) is 10.9. The molecule has 0 radical (unpaired) electrons. The van der Waals surface area contributed by atoms with Crippen LogP contribution in [0, 0.1) is 0 Å². The Kier molecular flexibility index (Phi) is 3.01. The van der Waals surface area contributed by atoms with E-state index in [1.165, 1.54) is 0 Å².